The summed E-state index contributed by atoms with van der Waals surface area (Å²) in [6, 6.07) is 8.53. The summed E-state index contributed by atoms with van der Waals surface area (Å²) in [4.78, 5) is 24.4. The third-order valence-electron chi connectivity index (χ3n) is 4.78. The topological polar surface area (TPSA) is 92.6 Å². The van der Waals surface area contributed by atoms with Gasteiger partial charge in [-0.2, -0.15) is 0 Å². The van der Waals surface area contributed by atoms with Crippen molar-refractivity contribution in [3.8, 4) is 23.5 Å². The Bertz CT molecular complexity index is 1260. The van der Waals surface area contributed by atoms with E-state index in [1.165, 1.54) is 29.9 Å². The largest absolute Gasteiger partial charge is 0.497 e. The van der Waals surface area contributed by atoms with Gasteiger partial charge in [-0.3, -0.25) is 10.1 Å². The fourth-order valence-electron chi connectivity index (χ4n) is 3.23. The quantitative estimate of drug-likeness (QED) is 0.442. The van der Waals surface area contributed by atoms with Gasteiger partial charge in [0, 0.05) is 22.5 Å². The lowest BCUT2D eigenvalue weighted by Crippen LogP contribution is -2.49. The van der Waals surface area contributed by atoms with E-state index in [0.29, 0.717) is 16.5 Å². The number of amides is 3. The number of methoxy groups -OCH3 is 1. The molecule has 152 valence electrons. The molecule has 9 heteroatoms. The fraction of sp³-hybridized carbons (Fsp3) is 0.143. The van der Waals surface area contributed by atoms with Crippen LogP contribution in [-0.4, -0.2) is 34.3 Å². The van der Waals surface area contributed by atoms with Crippen molar-refractivity contribution in [3.05, 3.63) is 59.0 Å². The van der Waals surface area contributed by atoms with Crippen LogP contribution in [0, 0.1) is 17.7 Å². The molecule has 2 aromatic carbocycles. The average Bonchev–Trinajstić information content (AvgIpc) is 3.18. The number of carbonyl (C=O) groups is 2. The first kappa shape index (κ1) is 19.6. The van der Waals surface area contributed by atoms with Crippen molar-refractivity contribution in [1.82, 2.24) is 15.2 Å². The van der Waals surface area contributed by atoms with E-state index in [4.69, 9.17) is 16.3 Å². The number of hydrogen-bond acceptors (Lipinski definition) is 4. The zero-order chi connectivity index (χ0) is 21.5. The normalized spacial score (nSPS) is 18.0. The zero-order valence-corrected chi connectivity index (χ0v) is 16.4. The third-order valence-corrected chi connectivity index (χ3v) is 5.16. The predicted molar refractivity (Wildman–Crippen MR) is 108 cm³/mol. The Morgan fingerprint density at radius 1 is 1.30 bits per heavy atom. The molecule has 0 spiro atoms. The highest BCUT2D eigenvalue weighted by atomic mass is 35.5. The van der Waals surface area contributed by atoms with E-state index in [0.717, 1.165) is 0 Å². The van der Waals surface area contributed by atoms with Crippen molar-refractivity contribution < 1.29 is 23.8 Å². The third kappa shape index (κ3) is 3.29. The van der Waals surface area contributed by atoms with Gasteiger partial charge in [-0.25, -0.2) is 9.18 Å². The summed E-state index contributed by atoms with van der Waals surface area (Å²) in [5, 5.41) is 16.3. The highest BCUT2D eigenvalue weighted by molar-refractivity contribution is 6.31. The number of aromatic nitrogens is 1. The second-order valence-corrected chi connectivity index (χ2v) is 7.08. The van der Waals surface area contributed by atoms with Gasteiger partial charge < -0.3 is 19.7 Å². The molecule has 0 unspecified atom stereocenters. The minimum absolute atomic E-state index is 0.122. The van der Waals surface area contributed by atoms with Crippen molar-refractivity contribution in [1.29, 1.82) is 0 Å². The van der Waals surface area contributed by atoms with E-state index in [-0.39, 0.29) is 23.0 Å². The Labute approximate surface area is 175 Å². The number of fused-ring (bicyclic) bond motifs is 1. The second kappa shape index (κ2) is 7.28. The number of imide groups is 1. The van der Waals surface area contributed by atoms with Crippen LogP contribution in [0.5, 0.6) is 11.6 Å². The summed E-state index contributed by atoms with van der Waals surface area (Å²) >= 11 is 5.93. The number of benzene rings is 2. The summed E-state index contributed by atoms with van der Waals surface area (Å²) < 4.78 is 20.3. The van der Waals surface area contributed by atoms with Gasteiger partial charge in [0.05, 0.1) is 18.7 Å². The first-order chi connectivity index (χ1) is 14.3. The van der Waals surface area contributed by atoms with Gasteiger partial charge >= 0.3 is 6.03 Å². The Morgan fingerprint density at radius 2 is 2.10 bits per heavy atom. The monoisotopic (exact) mass is 427 g/mol. The lowest BCUT2D eigenvalue weighted by atomic mass is 9.99. The molecule has 0 aliphatic carbocycles. The maximum absolute atomic E-state index is 13.7. The van der Waals surface area contributed by atoms with Gasteiger partial charge in [-0.1, -0.05) is 29.5 Å². The van der Waals surface area contributed by atoms with Crippen LogP contribution >= 0.6 is 11.6 Å². The molecule has 7 nitrogen and oxygen atoms in total. The number of halogens is 2. The molecule has 1 fully saturated rings. The molecule has 3 aromatic rings. The van der Waals surface area contributed by atoms with Crippen LogP contribution in [0.4, 0.5) is 9.18 Å². The number of urea groups is 1. The summed E-state index contributed by atoms with van der Waals surface area (Å²) in [5.74, 6) is 4.45. The van der Waals surface area contributed by atoms with Gasteiger partial charge in [-0.15, -0.1) is 0 Å². The van der Waals surface area contributed by atoms with Crippen LogP contribution in [0.1, 0.15) is 5.56 Å². The van der Waals surface area contributed by atoms with Gasteiger partial charge in [0.2, 0.25) is 5.54 Å². The second-order valence-electron chi connectivity index (χ2n) is 6.70. The van der Waals surface area contributed by atoms with Crippen LogP contribution in [-0.2, 0) is 11.3 Å². The first-order valence-electron chi connectivity index (χ1n) is 8.79. The van der Waals surface area contributed by atoms with Crippen LogP contribution in [0.25, 0.3) is 10.8 Å². The molecule has 30 heavy (non-hydrogen) atoms. The molecular formula is C21H15ClFN3O4. The number of ether oxygens (including phenoxy) is 1. The molecule has 0 radical (unpaired) electrons. The minimum atomic E-state index is -1.69. The molecule has 1 saturated heterocycles. The van der Waals surface area contributed by atoms with Crippen molar-refractivity contribution in [2.24, 2.45) is 0 Å². The van der Waals surface area contributed by atoms with Crippen molar-refractivity contribution >= 4 is 34.3 Å². The van der Waals surface area contributed by atoms with Crippen molar-refractivity contribution in [2.75, 3.05) is 7.11 Å². The Balaban J connectivity index is 1.78. The van der Waals surface area contributed by atoms with Crippen LogP contribution in [0.15, 0.2) is 42.6 Å². The zero-order valence-electron chi connectivity index (χ0n) is 15.6. The first-order valence-corrected chi connectivity index (χ1v) is 9.17. The Hall–Kier alpha value is -3.70. The molecule has 3 N–H and O–H groups in total. The summed E-state index contributed by atoms with van der Waals surface area (Å²) in [6.45, 7) is -0.187. The molecule has 0 saturated carbocycles. The molecule has 0 bridgehead atoms. The van der Waals surface area contributed by atoms with Crippen LogP contribution in [0.3, 0.4) is 0 Å². The van der Waals surface area contributed by atoms with E-state index < -0.39 is 23.3 Å². The van der Waals surface area contributed by atoms with E-state index in [1.807, 2.05) is 0 Å². The number of nitrogens with one attached hydrogen (secondary N) is 2. The molecule has 1 atom stereocenters. The van der Waals surface area contributed by atoms with Crippen LogP contribution in [0.2, 0.25) is 5.02 Å². The van der Waals surface area contributed by atoms with Gasteiger partial charge in [-0.05, 0) is 30.3 Å². The molecule has 4 rings (SSSR count). The smallest absolute Gasteiger partial charge is 0.323 e. The molecular weight excluding hydrogens is 413 g/mol. The van der Waals surface area contributed by atoms with E-state index in [9.17, 15) is 19.1 Å². The fourth-order valence-corrected chi connectivity index (χ4v) is 3.41. The standard InChI is InChI=1S/C21H15ClFN3O4/c1-30-14-6-5-13-10-26(18(27)15(13)9-14)11-21(19(28)24-20(29)25-21)8-7-12-3-2-4-16(23)17(12)22/h2-6,9-10,27H,11H2,1H3,(H2,24,25,28,29)/t21-/m1/s1. The number of hydrogen-bond donors (Lipinski definition) is 3. The van der Waals surface area contributed by atoms with Gasteiger partial charge in [0.25, 0.3) is 5.91 Å². The number of aromatic hydroxyl groups is 1. The highest BCUT2D eigenvalue weighted by Crippen LogP contribution is 2.32. The molecule has 1 aliphatic heterocycles. The molecule has 1 aliphatic rings. The van der Waals surface area contributed by atoms with Crippen molar-refractivity contribution in [2.45, 2.75) is 12.1 Å². The lowest BCUT2D eigenvalue weighted by molar-refractivity contribution is -0.122. The summed E-state index contributed by atoms with van der Waals surface area (Å²) in [5.41, 5.74) is -1.53. The van der Waals surface area contributed by atoms with Gasteiger partial charge in [0.15, 0.2) is 5.88 Å². The minimum Gasteiger partial charge on any atom is -0.497 e. The summed E-state index contributed by atoms with van der Waals surface area (Å²) in [6.07, 6.45) is 1.63. The number of carbonyl (C=O) groups excluding carboxylic acids is 2. The van der Waals surface area contributed by atoms with Crippen molar-refractivity contribution in [3.63, 3.8) is 0 Å². The van der Waals surface area contributed by atoms with E-state index in [1.54, 1.807) is 24.4 Å². The maximum Gasteiger partial charge on any atom is 0.323 e. The number of rotatable bonds is 3. The Morgan fingerprint density at radius 3 is 2.80 bits per heavy atom. The van der Waals surface area contributed by atoms with E-state index in [2.05, 4.69) is 22.5 Å². The average molecular weight is 428 g/mol. The maximum atomic E-state index is 13.7. The molecule has 2 heterocycles. The molecule has 1 aromatic heterocycles. The predicted octanol–water partition coefficient (Wildman–Crippen LogP) is 2.78. The van der Waals surface area contributed by atoms with Gasteiger partial charge in [0.1, 0.15) is 11.6 Å². The molecule has 3 amide bonds. The SMILES string of the molecule is COc1ccc2cn(C[C@@]3(C#Cc4cccc(F)c4Cl)NC(=O)NC3=O)c(O)c2c1. The van der Waals surface area contributed by atoms with E-state index >= 15 is 0 Å². The van der Waals surface area contributed by atoms with Crippen LogP contribution < -0.4 is 15.4 Å². The Kier molecular flexibility index (Phi) is 4.76. The lowest BCUT2D eigenvalue weighted by Gasteiger charge is -2.20. The number of nitrogens with zero attached hydrogens (tertiary/aromatic N) is 1. The summed E-state index contributed by atoms with van der Waals surface area (Å²) in [7, 11) is 1.51. The highest BCUT2D eigenvalue weighted by Gasteiger charge is 2.46.